The lowest BCUT2D eigenvalue weighted by Gasteiger charge is -2.61. The molecule has 4 aliphatic carbocycles. The second-order valence-corrected chi connectivity index (χ2v) is 26.2. The minimum absolute atomic E-state index is 0.0136. The molecule has 0 unspecified atom stereocenters. The number of ether oxygens (including phenoxy) is 12. The lowest BCUT2D eigenvalue weighted by molar-refractivity contribution is -0.408. The van der Waals surface area contributed by atoms with Gasteiger partial charge < -0.3 is 123 Å². The molecule has 0 aromatic carbocycles. The first-order valence-corrected chi connectivity index (χ1v) is 29.5. The predicted octanol–water partition coefficient (Wildman–Crippen LogP) is -2.78. The fraction of sp³-hybridized carbons (Fsp3) is 1.00. The van der Waals surface area contributed by atoms with Crippen molar-refractivity contribution in [2.45, 2.75) is 258 Å². The van der Waals surface area contributed by atoms with E-state index in [-0.39, 0.29) is 22.9 Å². The Balaban J connectivity index is 0.830. The second kappa shape index (κ2) is 23.6. The van der Waals surface area contributed by atoms with Crippen molar-refractivity contribution in [1.29, 1.82) is 0 Å². The van der Waals surface area contributed by atoms with Crippen LogP contribution in [-0.2, 0) is 56.8 Å². The van der Waals surface area contributed by atoms with Gasteiger partial charge in [-0.1, -0.05) is 27.7 Å². The Bertz CT molecular complexity index is 2080. The molecule has 0 amide bonds. The van der Waals surface area contributed by atoms with Gasteiger partial charge in [-0.2, -0.15) is 0 Å². The maximum atomic E-state index is 12.6. The topological polar surface area (TPSA) is 374 Å². The van der Waals surface area contributed by atoms with Gasteiger partial charge in [0.2, 0.25) is 0 Å². The van der Waals surface area contributed by atoms with Crippen LogP contribution in [0.4, 0.5) is 0 Å². The number of hydrogen-bond donors (Lipinski definition) is 13. The van der Waals surface area contributed by atoms with Crippen LogP contribution in [0.5, 0.6) is 0 Å². The minimum atomic E-state index is -1.93. The molecule has 1 spiro atoms. The monoisotopic (exact) mass is 1150 g/mol. The Labute approximate surface area is 465 Å². The Morgan fingerprint density at radius 3 is 1.73 bits per heavy atom. The maximum absolute atomic E-state index is 12.6. The molecule has 11 fully saturated rings. The van der Waals surface area contributed by atoms with Crippen LogP contribution < -0.4 is 0 Å². The number of aliphatic hydroxyl groups excluding tert-OH is 13. The summed E-state index contributed by atoms with van der Waals surface area (Å²) in [6.07, 6.45) is -29.8. The molecule has 7 heterocycles. The fourth-order valence-electron chi connectivity index (χ4n) is 17.0. The fourth-order valence-corrected chi connectivity index (χ4v) is 17.0. The number of fused-ring (bicyclic) bond motifs is 7. The Morgan fingerprint density at radius 2 is 1.07 bits per heavy atom. The average molecular weight is 1150 g/mol. The van der Waals surface area contributed by atoms with Gasteiger partial charge >= 0.3 is 0 Å². The summed E-state index contributed by atoms with van der Waals surface area (Å²) in [7, 11) is 0. The first-order chi connectivity index (χ1) is 38.0. The van der Waals surface area contributed by atoms with Crippen molar-refractivity contribution in [3.05, 3.63) is 0 Å². The summed E-state index contributed by atoms with van der Waals surface area (Å²) in [5.41, 5.74) is 0.170. The van der Waals surface area contributed by atoms with Gasteiger partial charge in [0.1, 0.15) is 104 Å². The summed E-state index contributed by atoms with van der Waals surface area (Å²) in [6.45, 7) is 8.99. The highest BCUT2D eigenvalue weighted by Crippen LogP contribution is 2.71. The van der Waals surface area contributed by atoms with Crippen molar-refractivity contribution >= 4 is 0 Å². The number of aliphatic hydroxyl groups is 13. The highest BCUT2D eigenvalue weighted by atomic mass is 16.8. The van der Waals surface area contributed by atoms with Gasteiger partial charge in [-0.15, -0.1) is 0 Å². The summed E-state index contributed by atoms with van der Waals surface area (Å²) in [5.74, 6) is 2.69. The molecule has 35 atom stereocenters. The summed E-state index contributed by atoms with van der Waals surface area (Å²) < 4.78 is 74.8. The zero-order valence-electron chi connectivity index (χ0n) is 46.3. The molecule has 0 aromatic heterocycles. The molecule has 0 aromatic rings. The molecule has 0 radical (unpaired) electrons. The van der Waals surface area contributed by atoms with Crippen molar-refractivity contribution in [3.63, 3.8) is 0 Å². The van der Waals surface area contributed by atoms with E-state index in [1.54, 1.807) is 0 Å². The Morgan fingerprint density at radius 1 is 0.475 bits per heavy atom. The zero-order chi connectivity index (χ0) is 57.1. The van der Waals surface area contributed by atoms with Gasteiger partial charge in [-0.05, 0) is 111 Å². The van der Waals surface area contributed by atoms with E-state index in [4.69, 9.17) is 56.8 Å². The van der Waals surface area contributed by atoms with E-state index < -0.39 is 180 Å². The van der Waals surface area contributed by atoms with Crippen LogP contribution in [0.3, 0.4) is 0 Å². The lowest BCUT2D eigenvalue weighted by Crippen LogP contribution is -2.68. The quantitative estimate of drug-likeness (QED) is 0.0879. The molecular weight excluding hydrogens is 1060 g/mol. The average Bonchev–Trinajstić information content (AvgIpc) is 4.13. The van der Waals surface area contributed by atoms with Gasteiger partial charge in [0.05, 0.1) is 51.3 Å². The first kappa shape index (κ1) is 60.7. The standard InChI is InChI=1S/C55H90O25/c1-21-8-13-55(71-18-21)22(2)34-31(80-55)15-28-26-7-6-24-14-25(9-11-53(24,4)27(26)10-12-54(28,34)5)73-51-46(78-50-42(67)39(64)35(60)23(3)72-50)43(68)44(33(17-57)75-51)76-52-47(79-49-41(66)37(62)30(59)20-70-49)45(38(63)32(16-56)74-52)77-48-40(65)36(61)29(58)19-69-48/h21-52,56-68H,6-20H2,1-5H3/t21-,22-,23-,24-,25-,26+,27-,28-,29+,30+,31-,32+,33+,34-,35-,36-,37-,38+,39+,40+,41+,42+,43-,44-,45-,46+,47+,48-,49-,50-,51+,52-,53-,54-,55+/m0/s1. The van der Waals surface area contributed by atoms with Crippen molar-refractivity contribution < 1.29 is 123 Å². The molecular formula is C55H90O25. The van der Waals surface area contributed by atoms with E-state index in [1.165, 1.54) is 6.92 Å². The second-order valence-electron chi connectivity index (χ2n) is 26.2. The molecule has 7 saturated heterocycles. The van der Waals surface area contributed by atoms with Crippen LogP contribution in [-0.4, -0.2) is 259 Å². The SMILES string of the molecule is C[C@H]1CC[C@@]2(OC1)O[C@H]1C[C@H]3[C@@H]4CC[C@H]5C[C@@H](O[C@@H]6O[C@H](CO)[C@H](O[C@@H]7O[C@H](CO)[C@@H](O)[C@H](O[C@@H]8OC[C@@H](O)[C@H](O)[C@H]8O)[C@H]7O[C@@H]7OC[C@@H](O)[C@H](O)[C@H]7O)[C@H](O)[C@H]6O[C@@H]6O[C@@H](C)[C@H](O)[C@@H](O)[C@H]6O)CC[C@]5(C)[C@H]4CC[C@]3(C)[C@H]1[C@@H]2C. The van der Waals surface area contributed by atoms with Crippen LogP contribution in [0.1, 0.15) is 98.8 Å². The first-order valence-electron chi connectivity index (χ1n) is 29.5. The van der Waals surface area contributed by atoms with Gasteiger partial charge in [0.15, 0.2) is 37.2 Å². The lowest BCUT2D eigenvalue weighted by atomic mass is 9.44. The van der Waals surface area contributed by atoms with Gasteiger partial charge in [-0.3, -0.25) is 0 Å². The normalized spacial score (nSPS) is 58.1. The molecule has 7 aliphatic heterocycles. The summed E-state index contributed by atoms with van der Waals surface area (Å²) in [4.78, 5) is 0. The van der Waals surface area contributed by atoms with Crippen LogP contribution in [0.15, 0.2) is 0 Å². The molecule has 11 aliphatic rings. The number of rotatable bonds is 12. The van der Waals surface area contributed by atoms with E-state index in [2.05, 4.69) is 27.7 Å². The molecule has 80 heavy (non-hydrogen) atoms. The Hall–Kier alpha value is -1.00. The van der Waals surface area contributed by atoms with Crippen LogP contribution in [0.25, 0.3) is 0 Å². The molecule has 4 saturated carbocycles. The smallest absolute Gasteiger partial charge is 0.187 e. The third kappa shape index (κ3) is 10.6. The van der Waals surface area contributed by atoms with Crippen LogP contribution >= 0.6 is 0 Å². The predicted molar refractivity (Wildman–Crippen MR) is 267 cm³/mol. The van der Waals surface area contributed by atoms with E-state index in [0.29, 0.717) is 48.3 Å². The molecule has 13 N–H and O–H groups in total. The van der Waals surface area contributed by atoms with E-state index >= 15 is 0 Å². The van der Waals surface area contributed by atoms with Gasteiger partial charge in [-0.25, -0.2) is 0 Å². The van der Waals surface area contributed by atoms with Crippen molar-refractivity contribution in [3.8, 4) is 0 Å². The minimum Gasteiger partial charge on any atom is -0.394 e. The number of hydrogen-bond acceptors (Lipinski definition) is 25. The zero-order valence-corrected chi connectivity index (χ0v) is 46.3. The maximum Gasteiger partial charge on any atom is 0.187 e. The molecule has 25 heteroatoms. The van der Waals surface area contributed by atoms with Crippen molar-refractivity contribution in [2.75, 3.05) is 33.0 Å². The van der Waals surface area contributed by atoms with Crippen LogP contribution in [0, 0.1) is 52.3 Å². The molecule has 11 rings (SSSR count). The molecule has 0 bridgehead atoms. The van der Waals surface area contributed by atoms with E-state index in [0.717, 1.165) is 58.0 Å². The third-order valence-electron chi connectivity index (χ3n) is 21.7. The van der Waals surface area contributed by atoms with E-state index in [9.17, 15) is 66.4 Å². The molecule has 25 nitrogen and oxygen atoms in total. The summed E-state index contributed by atoms with van der Waals surface area (Å²) in [5, 5.41) is 142. The Kier molecular flexibility index (Phi) is 17.9. The third-order valence-corrected chi connectivity index (χ3v) is 21.7. The largest absolute Gasteiger partial charge is 0.394 e. The van der Waals surface area contributed by atoms with Gasteiger partial charge in [0, 0.05) is 12.3 Å². The van der Waals surface area contributed by atoms with Crippen molar-refractivity contribution in [1.82, 2.24) is 0 Å². The highest BCUT2D eigenvalue weighted by molar-refractivity contribution is 5.16. The van der Waals surface area contributed by atoms with Crippen molar-refractivity contribution in [2.24, 2.45) is 52.3 Å². The molecule has 460 valence electrons. The van der Waals surface area contributed by atoms with Gasteiger partial charge in [0.25, 0.3) is 0 Å². The highest BCUT2D eigenvalue weighted by Gasteiger charge is 2.69. The van der Waals surface area contributed by atoms with E-state index in [1.807, 2.05) is 0 Å². The van der Waals surface area contributed by atoms with Crippen LogP contribution in [0.2, 0.25) is 0 Å². The summed E-state index contributed by atoms with van der Waals surface area (Å²) >= 11 is 0. The summed E-state index contributed by atoms with van der Waals surface area (Å²) in [6, 6.07) is 0.